The van der Waals surface area contributed by atoms with Crippen LogP contribution in [0.4, 0.5) is 13.2 Å². The lowest BCUT2D eigenvalue weighted by Gasteiger charge is -2.06. The maximum Gasteiger partial charge on any atom is 0.471 e. The van der Waals surface area contributed by atoms with E-state index >= 15 is 0 Å². The predicted molar refractivity (Wildman–Crippen MR) is 54.8 cm³/mol. The fourth-order valence-electron chi connectivity index (χ4n) is 0.886. The third-order valence-corrected chi connectivity index (χ3v) is 3.23. The van der Waals surface area contributed by atoms with E-state index in [4.69, 9.17) is 0 Å². The van der Waals surface area contributed by atoms with Gasteiger partial charge in [0.2, 0.25) is 0 Å². The Bertz CT molecular complexity index is 350. The van der Waals surface area contributed by atoms with Crippen LogP contribution in [0.5, 0.6) is 0 Å². The van der Waals surface area contributed by atoms with Crippen LogP contribution < -0.4 is 5.32 Å². The van der Waals surface area contributed by atoms with Crippen molar-refractivity contribution in [1.29, 1.82) is 0 Å². The van der Waals surface area contributed by atoms with Crippen LogP contribution in [0.15, 0.2) is 15.9 Å². The molecule has 0 bridgehead atoms. The average Bonchev–Trinajstić information content (AvgIpc) is 2.49. The maximum atomic E-state index is 11.8. The monoisotopic (exact) mass is 301 g/mol. The first-order chi connectivity index (χ1) is 6.89. The van der Waals surface area contributed by atoms with Crippen molar-refractivity contribution in [3.05, 3.63) is 20.8 Å². The molecule has 0 radical (unpaired) electrons. The molecule has 0 saturated heterocycles. The molecule has 2 nitrogen and oxygen atoms in total. The number of carbonyl (C=O) groups is 1. The molecule has 1 rings (SSSR count). The first-order valence-corrected chi connectivity index (χ1v) is 5.60. The molecule has 0 aliphatic rings. The highest BCUT2D eigenvalue weighted by Gasteiger charge is 2.38. The molecule has 0 saturated carbocycles. The molecular formula is C8H7BrF3NOS. The molecular weight excluding hydrogens is 295 g/mol. The second-order valence-electron chi connectivity index (χ2n) is 2.71. The Morgan fingerprint density at radius 2 is 2.13 bits per heavy atom. The summed E-state index contributed by atoms with van der Waals surface area (Å²) in [4.78, 5) is 11.3. The van der Waals surface area contributed by atoms with E-state index in [0.717, 1.165) is 8.66 Å². The minimum absolute atomic E-state index is 0.00863. The van der Waals surface area contributed by atoms with Crippen LogP contribution in [0, 0.1) is 0 Å². The number of nitrogens with one attached hydrogen (secondary N) is 1. The van der Waals surface area contributed by atoms with Crippen LogP contribution in [-0.2, 0) is 11.2 Å². The first kappa shape index (κ1) is 12.5. The second-order valence-corrected chi connectivity index (χ2v) is 5.26. The van der Waals surface area contributed by atoms with Crippen molar-refractivity contribution in [3.63, 3.8) is 0 Å². The van der Waals surface area contributed by atoms with Gasteiger partial charge in [-0.1, -0.05) is 0 Å². The zero-order chi connectivity index (χ0) is 11.5. The fraction of sp³-hybridized carbons (Fsp3) is 0.375. The van der Waals surface area contributed by atoms with Crippen LogP contribution in [0.25, 0.3) is 0 Å². The molecule has 1 aromatic heterocycles. The molecule has 0 aliphatic heterocycles. The fourth-order valence-corrected chi connectivity index (χ4v) is 2.37. The molecule has 7 heteroatoms. The van der Waals surface area contributed by atoms with Gasteiger partial charge in [0.25, 0.3) is 0 Å². The Kier molecular flexibility index (Phi) is 4.15. The van der Waals surface area contributed by atoms with Gasteiger partial charge in [0, 0.05) is 11.4 Å². The Morgan fingerprint density at radius 1 is 1.47 bits per heavy atom. The minimum Gasteiger partial charge on any atom is -0.348 e. The quantitative estimate of drug-likeness (QED) is 0.914. The van der Waals surface area contributed by atoms with E-state index in [9.17, 15) is 18.0 Å². The van der Waals surface area contributed by atoms with E-state index < -0.39 is 12.1 Å². The van der Waals surface area contributed by atoms with Crippen molar-refractivity contribution in [2.75, 3.05) is 6.54 Å². The largest absolute Gasteiger partial charge is 0.471 e. The molecule has 1 heterocycles. The second kappa shape index (κ2) is 4.98. The lowest BCUT2D eigenvalue weighted by molar-refractivity contribution is -0.173. The van der Waals surface area contributed by atoms with Gasteiger partial charge in [0.1, 0.15) is 0 Å². The number of thiophene rings is 1. The summed E-state index contributed by atoms with van der Waals surface area (Å²) >= 11 is 4.67. The summed E-state index contributed by atoms with van der Waals surface area (Å²) in [6.07, 6.45) is -4.39. The molecule has 0 spiro atoms. The van der Waals surface area contributed by atoms with Gasteiger partial charge >= 0.3 is 12.1 Å². The molecule has 0 aromatic carbocycles. The van der Waals surface area contributed by atoms with Crippen molar-refractivity contribution >= 4 is 33.2 Å². The number of rotatable bonds is 3. The van der Waals surface area contributed by atoms with Gasteiger partial charge in [-0.05, 0) is 34.5 Å². The van der Waals surface area contributed by atoms with Gasteiger partial charge in [-0.2, -0.15) is 13.2 Å². The summed E-state index contributed by atoms with van der Waals surface area (Å²) in [5.41, 5.74) is 0. The number of hydrogen-bond donors (Lipinski definition) is 1. The van der Waals surface area contributed by atoms with E-state index in [-0.39, 0.29) is 6.54 Å². The SMILES string of the molecule is O=C(NCCc1ccc(Br)s1)C(F)(F)F. The van der Waals surface area contributed by atoms with E-state index in [2.05, 4.69) is 15.9 Å². The molecule has 0 atom stereocenters. The summed E-state index contributed by atoms with van der Waals surface area (Å²) < 4.78 is 36.2. The van der Waals surface area contributed by atoms with Gasteiger partial charge in [-0.3, -0.25) is 4.79 Å². The molecule has 84 valence electrons. The highest BCUT2D eigenvalue weighted by atomic mass is 79.9. The lowest BCUT2D eigenvalue weighted by Crippen LogP contribution is -2.37. The smallest absolute Gasteiger partial charge is 0.348 e. The average molecular weight is 302 g/mol. The van der Waals surface area contributed by atoms with Gasteiger partial charge in [0.05, 0.1) is 3.79 Å². The third-order valence-electron chi connectivity index (χ3n) is 1.54. The van der Waals surface area contributed by atoms with Crippen LogP contribution in [0.1, 0.15) is 4.88 Å². The first-order valence-electron chi connectivity index (χ1n) is 3.99. The van der Waals surface area contributed by atoms with Gasteiger partial charge in [0.15, 0.2) is 0 Å². The summed E-state index contributed by atoms with van der Waals surface area (Å²) in [6, 6.07) is 3.61. The molecule has 1 N–H and O–H groups in total. The van der Waals surface area contributed by atoms with Crippen LogP contribution in [0.3, 0.4) is 0 Å². The summed E-state index contributed by atoms with van der Waals surface area (Å²) in [6.45, 7) is -0.00863. The van der Waals surface area contributed by atoms with Crippen LogP contribution >= 0.6 is 27.3 Å². The highest BCUT2D eigenvalue weighted by molar-refractivity contribution is 9.11. The lowest BCUT2D eigenvalue weighted by atomic mass is 10.3. The number of amides is 1. The molecule has 1 amide bonds. The number of hydrogen-bond acceptors (Lipinski definition) is 2. The number of carbonyl (C=O) groups excluding carboxylic acids is 1. The molecule has 15 heavy (non-hydrogen) atoms. The van der Waals surface area contributed by atoms with Gasteiger partial charge in [-0.25, -0.2) is 0 Å². The Balaban J connectivity index is 2.31. The summed E-state index contributed by atoms with van der Waals surface area (Å²) in [5, 5.41) is 1.81. The summed E-state index contributed by atoms with van der Waals surface area (Å²) in [7, 11) is 0. The zero-order valence-electron chi connectivity index (χ0n) is 7.40. The van der Waals surface area contributed by atoms with Gasteiger partial charge in [-0.15, -0.1) is 11.3 Å². The Morgan fingerprint density at radius 3 is 2.60 bits per heavy atom. The van der Waals surface area contributed by atoms with Crippen LogP contribution in [0.2, 0.25) is 0 Å². The number of alkyl halides is 3. The van der Waals surface area contributed by atoms with Crippen LogP contribution in [-0.4, -0.2) is 18.6 Å². The summed E-state index contributed by atoms with van der Waals surface area (Å²) in [5.74, 6) is -1.89. The van der Waals surface area contributed by atoms with Crippen molar-refractivity contribution in [1.82, 2.24) is 5.32 Å². The third kappa shape index (κ3) is 4.21. The number of halogens is 4. The van der Waals surface area contributed by atoms with E-state index in [1.807, 2.05) is 11.4 Å². The molecule has 0 fully saturated rings. The minimum atomic E-state index is -4.80. The van der Waals surface area contributed by atoms with Crippen molar-refractivity contribution < 1.29 is 18.0 Å². The van der Waals surface area contributed by atoms with Crippen molar-refractivity contribution in [3.8, 4) is 0 Å². The normalized spacial score (nSPS) is 11.5. The van der Waals surface area contributed by atoms with E-state index in [0.29, 0.717) is 6.42 Å². The van der Waals surface area contributed by atoms with E-state index in [1.165, 1.54) is 11.3 Å². The standard InChI is InChI=1S/C8H7BrF3NOS/c9-6-2-1-5(15-6)3-4-13-7(14)8(10,11)12/h1-2H,3-4H2,(H,13,14). The highest BCUT2D eigenvalue weighted by Crippen LogP contribution is 2.22. The Labute approximate surface area is 96.6 Å². The van der Waals surface area contributed by atoms with E-state index in [1.54, 1.807) is 6.07 Å². The van der Waals surface area contributed by atoms with Crippen molar-refractivity contribution in [2.24, 2.45) is 0 Å². The van der Waals surface area contributed by atoms with Crippen molar-refractivity contribution in [2.45, 2.75) is 12.6 Å². The molecule has 0 unspecified atom stereocenters. The topological polar surface area (TPSA) is 29.1 Å². The maximum absolute atomic E-state index is 11.8. The molecule has 1 aromatic rings. The van der Waals surface area contributed by atoms with Gasteiger partial charge < -0.3 is 5.32 Å². The zero-order valence-corrected chi connectivity index (χ0v) is 9.80. The predicted octanol–water partition coefficient (Wildman–Crippen LogP) is 2.73. The molecule has 0 aliphatic carbocycles. The Hall–Kier alpha value is -0.560.